The number of benzene rings is 2. The third-order valence-corrected chi connectivity index (χ3v) is 5.43. The number of ether oxygens (including phenoxy) is 2. The Kier molecular flexibility index (Phi) is 4.22. The molecule has 0 spiro atoms. The van der Waals surface area contributed by atoms with E-state index in [0.29, 0.717) is 17.1 Å². The van der Waals surface area contributed by atoms with E-state index in [-0.39, 0.29) is 22.0 Å². The fourth-order valence-electron chi connectivity index (χ4n) is 2.92. The average molecular weight is 330 g/mol. The quantitative estimate of drug-likeness (QED) is 0.916. The maximum atomic E-state index is 12.9. The number of aromatic hydroxyl groups is 1. The minimum absolute atomic E-state index is 0.0507. The van der Waals surface area contributed by atoms with Crippen molar-refractivity contribution in [3.05, 3.63) is 53.1 Å². The van der Waals surface area contributed by atoms with Gasteiger partial charge in [-0.15, -0.1) is 11.8 Å². The standard InChI is InChI=1S/C18H18O4S/c1-10-15-13(8-9-14(21-2)17(15)22-3)16(20)18(23-10)11-4-6-12(19)7-5-11/h4-10,18-19H,1-3H3. The third kappa shape index (κ3) is 2.65. The summed E-state index contributed by atoms with van der Waals surface area (Å²) in [6, 6.07) is 10.4. The monoisotopic (exact) mass is 330 g/mol. The molecule has 2 aromatic carbocycles. The third-order valence-electron chi connectivity index (χ3n) is 4.03. The van der Waals surface area contributed by atoms with Gasteiger partial charge in [-0.3, -0.25) is 4.79 Å². The highest BCUT2D eigenvalue weighted by Crippen LogP contribution is 2.52. The van der Waals surface area contributed by atoms with Gasteiger partial charge in [0.05, 0.1) is 19.5 Å². The second-order valence-electron chi connectivity index (χ2n) is 5.38. The number of hydrogen-bond donors (Lipinski definition) is 1. The van der Waals surface area contributed by atoms with E-state index in [1.165, 1.54) is 0 Å². The molecule has 1 heterocycles. The topological polar surface area (TPSA) is 55.8 Å². The molecule has 120 valence electrons. The highest BCUT2D eigenvalue weighted by atomic mass is 32.2. The molecule has 0 aromatic heterocycles. The van der Waals surface area contributed by atoms with E-state index in [0.717, 1.165) is 11.1 Å². The lowest BCUT2D eigenvalue weighted by atomic mass is 9.94. The molecule has 2 unspecified atom stereocenters. The first-order chi connectivity index (χ1) is 11.1. The Bertz CT molecular complexity index is 739. The van der Waals surface area contributed by atoms with Gasteiger partial charge in [0.1, 0.15) is 5.75 Å². The van der Waals surface area contributed by atoms with E-state index in [9.17, 15) is 9.90 Å². The van der Waals surface area contributed by atoms with Crippen molar-refractivity contribution >= 4 is 17.5 Å². The van der Waals surface area contributed by atoms with E-state index in [1.54, 1.807) is 56.3 Å². The summed E-state index contributed by atoms with van der Waals surface area (Å²) in [6.07, 6.45) is 0. The molecular formula is C18H18O4S. The summed E-state index contributed by atoms with van der Waals surface area (Å²) in [5.41, 5.74) is 2.45. The first-order valence-corrected chi connectivity index (χ1v) is 8.24. The molecule has 5 heteroatoms. The van der Waals surface area contributed by atoms with Crippen LogP contribution in [-0.2, 0) is 0 Å². The fraction of sp³-hybridized carbons (Fsp3) is 0.278. The van der Waals surface area contributed by atoms with Gasteiger partial charge in [0, 0.05) is 16.4 Å². The molecule has 0 fully saturated rings. The van der Waals surface area contributed by atoms with Gasteiger partial charge < -0.3 is 14.6 Å². The van der Waals surface area contributed by atoms with Crippen LogP contribution in [0, 0.1) is 0 Å². The second-order valence-corrected chi connectivity index (χ2v) is 6.83. The number of thioether (sulfide) groups is 1. The predicted molar refractivity (Wildman–Crippen MR) is 90.7 cm³/mol. The zero-order valence-corrected chi connectivity index (χ0v) is 14.0. The summed E-state index contributed by atoms with van der Waals surface area (Å²) in [6.45, 7) is 2.06. The molecule has 2 atom stereocenters. The number of ketones is 1. The van der Waals surface area contributed by atoms with E-state index in [1.807, 2.05) is 6.07 Å². The van der Waals surface area contributed by atoms with E-state index < -0.39 is 0 Å². The first kappa shape index (κ1) is 15.7. The van der Waals surface area contributed by atoms with Crippen LogP contribution < -0.4 is 9.47 Å². The minimum Gasteiger partial charge on any atom is -0.508 e. The van der Waals surface area contributed by atoms with Crippen LogP contribution in [0.25, 0.3) is 0 Å². The number of carbonyl (C=O) groups excluding carboxylic acids is 1. The summed E-state index contributed by atoms with van der Waals surface area (Å²) < 4.78 is 10.8. The van der Waals surface area contributed by atoms with Crippen molar-refractivity contribution in [1.29, 1.82) is 0 Å². The number of fused-ring (bicyclic) bond motifs is 1. The molecule has 1 aliphatic heterocycles. The fourth-order valence-corrected chi connectivity index (χ4v) is 4.27. The lowest BCUT2D eigenvalue weighted by Gasteiger charge is -2.30. The van der Waals surface area contributed by atoms with Crippen LogP contribution >= 0.6 is 11.8 Å². The number of phenols is 1. The Morgan fingerprint density at radius 1 is 1.04 bits per heavy atom. The Morgan fingerprint density at radius 2 is 1.74 bits per heavy atom. The smallest absolute Gasteiger partial charge is 0.180 e. The molecule has 2 aromatic rings. The largest absolute Gasteiger partial charge is 0.508 e. The summed E-state index contributed by atoms with van der Waals surface area (Å²) in [5, 5.41) is 9.24. The van der Waals surface area contributed by atoms with Crippen LogP contribution in [0.1, 0.15) is 38.9 Å². The van der Waals surface area contributed by atoms with Gasteiger partial charge >= 0.3 is 0 Å². The van der Waals surface area contributed by atoms with Gasteiger partial charge in [-0.1, -0.05) is 12.1 Å². The molecule has 0 radical (unpaired) electrons. The number of Topliss-reactive ketones (excluding diaryl/α,β-unsaturated/α-hetero) is 1. The zero-order chi connectivity index (χ0) is 16.6. The predicted octanol–water partition coefficient (Wildman–Crippen LogP) is 4.14. The molecule has 1 N–H and O–H groups in total. The zero-order valence-electron chi connectivity index (χ0n) is 13.2. The van der Waals surface area contributed by atoms with Crippen molar-refractivity contribution in [2.24, 2.45) is 0 Å². The van der Waals surface area contributed by atoms with Gasteiger partial charge in [0.15, 0.2) is 17.3 Å². The summed E-state index contributed by atoms with van der Waals surface area (Å²) in [7, 11) is 3.18. The van der Waals surface area contributed by atoms with Crippen LogP contribution in [0.15, 0.2) is 36.4 Å². The second kappa shape index (κ2) is 6.16. The van der Waals surface area contributed by atoms with Crippen LogP contribution in [-0.4, -0.2) is 25.1 Å². The summed E-state index contributed by atoms with van der Waals surface area (Å²) >= 11 is 1.58. The average Bonchev–Trinajstić information content (AvgIpc) is 2.57. The molecule has 0 amide bonds. The summed E-state index contributed by atoms with van der Waals surface area (Å²) in [4.78, 5) is 12.9. The van der Waals surface area contributed by atoms with E-state index in [4.69, 9.17) is 9.47 Å². The molecular weight excluding hydrogens is 312 g/mol. The van der Waals surface area contributed by atoms with Gasteiger partial charge in [-0.05, 0) is 36.8 Å². The minimum atomic E-state index is -0.281. The van der Waals surface area contributed by atoms with Crippen molar-refractivity contribution in [3.63, 3.8) is 0 Å². The highest BCUT2D eigenvalue weighted by molar-refractivity contribution is 8.00. The van der Waals surface area contributed by atoms with Crippen molar-refractivity contribution in [2.45, 2.75) is 17.4 Å². The maximum Gasteiger partial charge on any atom is 0.180 e. The molecule has 0 aliphatic carbocycles. The Balaban J connectivity index is 2.08. The lowest BCUT2D eigenvalue weighted by molar-refractivity contribution is 0.0985. The number of carbonyl (C=O) groups is 1. The Labute approximate surface area is 139 Å². The number of methoxy groups -OCH3 is 2. The molecule has 1 aliphatic rings. The van der Waals surface area contributed by atoms with Gasteiger partial charge in [0.25, 0.3) is 0 Å². The summed E-state index contributed by atoms with van der Waals surface area (Å²) in [5.74, 6) is 1.51. The van der Waals surface area contributed by atoms with Crippen molar-refractivity contribution in [1.82, 2.24) is 0 Å². The number of rotatable bonds is 3. The number of phenolic OH excluding ortho intramolecular Hbond substituents is 1. The molecule has 0 bridgehead atoms. The Morgan fingerprint density at radius 3 is 2.35 bits per heavy atom. The maximum absolute atomic E-state index is 12.9. The van der Waals surface area contributed by atoms with Gasteiger partial charge in [0.2, 0.25) is 0 Å². The van der Waals surface area contributed by atoms with E-state index >= 15 is 0 Å². The first-order valence-electron chi connectivity index (χ1n) is 7.30. The molecule has 4 nitrogen and oxygen atoms in total. The molecule has 0 saturated carbocycles. The SMILES string of the molecule is COc1ccc2c(c1OC)C(C)SC(c1ccc(O)cc1)C2=O. The van der Waals surface area contributed by atoms with Crippen molar-refractivity contribution < 1.29 is 19.4 Å². The lowest BCUT2D eigenvalue weighted by Crippen LogP contribution is -2.20. The van der Waals surface area contributed by atoms with Crippen LogP contribution in [0.4, 0.5) is 0 Å². The molecule has 0 saturated heterocycles. The normalized spacial score (nSPS) is 20.0. The Hall–Kier alpha value is -2.14. The van der Waals surface area contributed by atoms with E-state index in [2.05, 4.69) is 6.92 Å². The van der Waals surface area contributed by atoms with Crippen molar-refractivity contribution in [3.8, 4) is 17.2 Å². The van der Waals surface area contributed by atoms with Crippen LogP contribution in [0.3, 0.4) is 0 Å². The van der Waals surface area contributed by atoms with Crippen LogP contribution in [0.5, 0.6) is 17.2 Å². The molecule has 23 heavy (non-hydrogen) atoms. The van der Waals surface area contributed by atoms with Gasteiger partial charge in [-0.2, -0.15) is 0 Å². The highest BCUT2D eigenvalue weighted by Gasteiger charge is 2.36. The van der Waals surface area contributed by atoms with Crippen molar-refractivity contribution in [2.75, 3.05) is 14.2 Å². The van der Waals surface area contributed by atoms with Crippen LogP contribution in [0.2, 0.25) is 0 Å². The number of hydrogen-bond acceptors (Lipinski definition) is 5. The van der Waals surface area contributed by atoms with Gasteiger partial charge in [-0.25, -0.2) is 0 Å². The molecule has 3 rings (SSSR count).